The molecular weight excluding hydrogens is 218 g/mol. The van der Waals surface area contributed by atoms with Gasteiger partial charge in [0.2, 0.25) is 0 Å². The van der Waals surface area contributed by atoms with Gasteiger partial charge in [0.1, 0.15) is 0 Å². The van der Waals surface area contributed by atoms with Crippen molar-refractivity contribution in [3.8, 4) is 0 Å². The van der Waals surface area contributed by atoms with Gasteiger partial charge in [0.05, 0.1) is 7.11 Å². The summed E-state index contributed by atoms with van der Waals surface area (Å²) >= 11 is 0. The molecule has 0 radical (unpaired) electrons. The fourth-order valence-electron chi connectivity index (χ4n) is 2.76. The van der Waals surface area contributed by atoms with Crippen molar-refractivity contribution in [1.29, 1.82) is 0 Å². The number of amides is 1. The predicted molar refractivity (Wildman–Crippen MR) is 66.7 cm³/mol. The molecule has 17 heavy (non-hydrogen) atoms. The molecule has 0 heterocycles. The third-order valence-electron chi connectivity index (χ3n) is 3.82. The van der Waals surface area contributed by atoms with Crippen LogP contribution in [0.5, 0.6) is 0 Å². The van der Waals surface area contributed by atoms with E-state index in [9.17, 15) is 9.90 Å². The number of aliphatic hydroxyl groups is 1. The number of hydrogen-bond donors (Lipinski definition) is 2. The Morgan fingerprint density at radius 3 is 2.53 bits per heavy atom. The number of hydrogen-bond acceptors (Lipinski definition) is 3. The third-order valence-corrected chi connectivity index (χ3v) is 3.82. The SMILES string of the molecule is COC(=O)N[C@@H]1CC[C@@H](CO)C[C@@H]1C(C)(C)C. The lowest BCUT2D eigenvalue weighted by atomic mass is 9.66. The van der Waals surface area contributed by atoms with Gasteiger partial charge in [-0.25, -0.2) is 4.79 Å². The molecule has 1 amide bonds. The Morgan fingerprint density at radius 2 is 2.06 bits per heavy atom. The molecule has 0 aromatic rings. The monoisotopic (exact) mass is 243 g/mol. The maximum atomic E-state index is 11.3. The van der Waals surface area contributed by atoms with Gasteiger partial charge in [-0.1, -0.05) is 20.8 Å². The Kier molecular flexibility index (Phi) is 4.80. The molecule has 1 rings (SSSR count). The molecule has 3 atom stereocenters. The van der Waals surface area contributed by atoms with Gasteiger partial charge in [-0.2, -0.15) is 0 Å². The van der Waals surface area contributed by atoms with Crippen molar-refractivity contribution in [2.45, 2.75) is 46.1 Å². The molecule has 0 aromatic heterocycles. The highest BCUT2D eigenvalue weighted by molar-refractivity contribution is 5.67. The average molecular weight is 243 g/mol. The Labute approximate surface area is 104 Å². The maximum absolute atomic E-state index is 11.3. The van der Waals surface area contributed by atoms with Crippen LogP contribution in [0.25, 0.3) is 0 Å². The summed E-state index contributed by atoms with van der Waals surface area (Å²) in [5.41, 5.74) is 0.125. The molecule has 4 nitrogen and oxygen atoms in total. The molecule has 0 aromatic carbocycles. The first-order chi connectivity index (χ1) is 7.88. The van der Waals surface area contributed by atoms with Crippen molar-refractivity contribution >= 4 is 6.09 Å². The minimum atomic E-state index is -0.355. The van der Waals surface area contributed by atoms with E-state index in [1.165, 1.54) is 7.11 Å². The first-order valence-electron chi connectivity index (χ1n) is 6.33. The van der Waals surface area contributed by atoms with Gasteiger partial charge in [-0.05, 0) is 36.5 Å². The summed E-state index contributed by atoms with van der Waals surface area (Å²) in [6.45, 7) is 6.80. The van der Waals surface area contributed by atoms with Crippen LogP contribution in [0.4, 0.5) is 4.79 Å². The van der Waals surface area contributed by atoms with Crippen molar-refractivity contribution in [3.63, 3.8) is 0 Å². The molecular formula is C13H25NO3. The molecule has 100 valence electrons. The van der Waals surface area contributed by atoms with E-state index in [-0.39, 0.29) is 24.2 Å². The second kappa shape index (κ2) is 5.71. The van der Waals surface area contributed by atoms with E-state index < -0.39 is 0 Å². The smallest absolute Gasteiger partial charge is 0.407 e. The molecule has 2 N–H and O–H groups in total. The van der Waals surface area contributed by atoms with Gasteiger partial charge in [0, 0.05) is 12.6 Å². The summed E-state index contributed by atoms with van der Waals surface area (Å²) in [6.07, 6.45) is 2.50. The second-order valence-corrected chi connectivity index (χ2v) is 6.08. The topological polar surface area (TPSA) is 58.6 Å². The number of rotatable bonds is 2. The quantitative estimate of drug-likeness (QED) is 0.781. The Morgan fingerprint density at radius 1 is 1.41 bits per heavy atom. The Hall–Kier alpha value is -0.770. The van der Waals surface area contributed by atoms with Gasteiger partial charge < -0.3 is 15.2 Å². The van der Waals surface area contributed by atoms with E-state index in [1.807, 2.05) is 0 Å². The Bertz CT molecular complexity index is 260. The molecule has 1 aliphatic carbocycles. The van der Waals surface area contributed by atoms with Crippen LogP contribution in [0.15, 0.2) is 0 Å². The van der Waals surface area contributed by atoms with E-state index in [2.05, 4.69) is 30.8 Å². The largest absolute Gasteiger partial charge is 0.453 e. The minimum Gasteiger partial charge on any atom is -0.453 e. The Balaban J connectivity index is 2.70. The van der Waals surface area contributed by atoms with E-state index in [1.54, 1.807) is 0 Å². The molecule has 0 aliphatic heterocycles. The van der Waals surface area contributed by atoms with Gasteiger partial charge in [-0.15, -0.1) is 0 Å². The van der Waals surface area contributed by atoms with Crippen molar-refractivity contribution in [1.82, 2.24) is 5.32 Å². The summed E-state index contributed by atoms with van der Waals surface area (Å²) < 4.78 is 4.67. The molecule has 0 spiro atoms. The molecule has 0 saturated heterocycles. The summed E-state index contributed by atoms with van der Waals surface area (Å²) in [7, 11) is 1.39. The van der Waals surface area contributed by atoms with Gasteiger partial charge in [0.25, 0.3) is 0 Å². The number of methoxy groups -OCH3 is 1. The third kappa shape index (κ3) is 3.87. The normalized spacial score (nSPS) is 29.8. The molecule has 4 heteroatoms. The van der Waals surface area contributed by atoms with Crippen LogP contribution in [0, 0.1) is 17.3 Å². The lowest BCUT2D eigenvalue weighted by molar-refractivity contribution is 0.0687. The second-order valence-electron chi connectivity index (χ2n) is 6.08. The fourth-order valence-corrected chi connectivity index (χ4v) is 2.76. The standard InChI is InChI=1S/C13H25NO3/c1-13(2,3)10-7-9(8-15)5-6-11(10)14-12(16)17-4/h9-11,15H,5-8H2,1-4H3,(H,14,16)/t9-,10+,11-/m1/s1. The summed E-state index contributed by atoms with van der Waals surface area (Å²) in [6, 6.07) is 0.158. The van der Waals surface area contributed by atoms with Crippen LogP contribution < -0.4 is 5.32 Å². The zero-order chi connectivity index (χ0) is 13.1. The van der Waals surface area contributed by atoms with Crippen LogP contribution in [0.2, 0.25) is 0 Å². The summed E-state index contributed by atoms with van der Waals surface area (Å²) in [4.78, 5) is 11.3. The van der Waals surface area contributed by atoms with Gasteiger partial charge in [0.15, 0.2) is 0 Å². The van der Waals surface area contributed by atoms with E-state index in [0.717, 1.165) is 19.3 Å². The highest BCUT2D eigenvalue weighted by atomic mass is 16.5. The van der Waals surface area contributed by atoms with Crippen molar-refractivity contribution in [3.05, 3.63) is 0 Å². The van der Waals surface area contributed by atoms with Crippen LogP contribution in [0.3, 0.4) is 0 Å². The van der Waals surface area contributed by atoms with E-state index in [4.69, 9.17) is 0 Å². The zero-order valence-electron chi connectivity index (χ0n) is 11.3. The van der Waals surface area contributed by atoms with Crippen LogP contribution in [0.1, 0.15) is 40.0 Å². The van der Waals surface area contributed by atoms with Gasteiger partial charge in [-0.3, -0.25) is 0 Å². The maximum Gasteiger partial charge on any atom is 0.407 e. The molecule has 0 bridgehead atoms. The number of ether oxygens (including phenoxy) is 1. The molecule has 1 saturated carbocycles. The average Bonchev–Trinajstić information content (AvgIpc) is 2.28. The minimum absolute atomic E-state index is 0.125. The number of carbonyl (C=O) groups excluding carboxylic acids is 1. The van der Waals surface area contributed by atoms with Crippen LogP contribution >= 0.6 is 0 Å². The molecule has 0 unspecified atom stereocenters. The van der Waals surface area contributed by atoms with E-state index >= 15 is 0 Å². The molecule has 1 aliphatic rings. The van der Waals surface area contributed by atoms with Gasteiger partial charge >= 0.3 is 6.09 Å². The van der Waals surface area contributed by atoms with Crippen molar-refractivity contribution in [2.75, 3.05) is 13.7 Å². The lowest BCUT2D eigenvalue weighted by Crippen LogP contribution is -2.48. The summed E-state index contributed by atoms with van der Waals surface area (Å²) in [5.74, 6) is 0.752. The zero-order valence-corrected chi connectivity index (χ0v) is 11.3. The number of alkyl carbamates (subject to hydrolysis) is 1. The van der Waals surface area contributed by atoms with E-state index in [0.29, 0.717) is 11.8 Å². The number of aliphatic hydroxyl groups excluding tert-OH is 1. The molecule has 1 fully saturated rings. The van der Waals surface area contributed by atoms with Crippen LogP contribution in [-0.2, 0) is 4.74 Å². The highest BCUT2D eigenvalue weighted by Gasteiger charge is 2.38. The number of carbonyl (C=O) groups is 1. The summed E-state index contributed by atoms with van der Waals surface area (Å²) in [5, 5.41) is 12.2. The van der Waals surface area contributed by atoms with Crippen LogP contribution in [-0.4, -0.2) is 31.0 Å². The first kappa shape index (κ1) is 14.3. The fraction of sp³-hybridized carbons (Fsp3) is 0.923. The highest BCUT2D eigenvalue weighted by Crippen LogP contribution is 2.40. The van der Waals surface area contributed by atoms with Crippen molar-refractivity contribution in [2.24, 2.45) is 17.3 Å². The van der Waals surface area contributed by atoms with Crippen molar-refractivity contribution < 1.29 is 14.6 Å². The number of nitrogens with one attached hydrogen (secondary N) is 1. The predicted octanol–water partition coefficient (Wildman–Crippen LogP) is 2.17. The first-order valence-corrected chi connectivity index (χ1v) is 6.33. The lowest BCUT2D eigenvalue weighted by Gasteiger charge is -2.43.